The Morgan fingerprint density at radius 1 is 1.61 bits per heavy atom. The number of hydrogen-bond acceptors (Lipinski definition) is 4. The van der Waals surface area contributed by atoms with Crippen LogP contribution in [0.4, 0.5) is 0 Å². The number of carboxylic acids is 1. The lowest BCUT2D eigenvalue weighted by Crippen LogP contribution is -2.61. The SMILES string of the molecule is O=C(O)C1(NCc2cccs2)CCN2CCC1C2. The van der Waals surface area contributed by atoms with E-state index in [0.29, 0.717) is 6.54 Å². The minimum absolute atomic E-state index is 0.253. The number of rotatable bonds is 4. The average molecular weight is 266 g/mol. The lowest BCUT2D eigenvalue weighted by Gasteiger charge is -2.40. The fraction of sp³-hybridized carbons (Fsp3) is 0.615. The number of nitrogens with one attached hydrogen (secondary N) is 1. The Hall–Kier alpha value is -0.910. The molecule has 3 heterocycles. The number of carbonyl (C=O) groups is 1. The highest BCUT2D eigenvalue weighted by Gasteiger charge is 2.51. The summed E-state index contributed by atoms with van der Waals surface area (Å²) in [7, 11) is 0. The molecule has 2 N–H and O–H groups in total. The number of aliphatic carboxylic acids is 1. The highest BCUT2D eigenvalue weighted by atomic mass is 32.1. The van der Waals surface area contributed by atoms with Crippen molar-refractivity contribution in [3.63, 3.8) is 0 Å². The first-order valence-corrected chi connectivity index (χ1v) is 7.32. The molecule has 18 heavy (non-hydrogen) atoms. The van der Waals surface area contributed by atoms with Crippen LogP contribution in [-0.4, -0.2) is 41.1 Å². The first-order valence-electron chi connectivity index (χ1n) is 6.44. The van der Waals surface area contributed by atoms with E-state index < -0.39 is 11.5 Å². The molecule has 2 aliphatic heterocycles. The quantitative estimate of drug-likeness (QED) is 0.864. The molecule has 0 aromatic carbocycles. The van der Waals surface area contributed by atoms with Crippen LogP contribution in [0.1, 0.15) is 17.7 Å². The second kappa shape index (κ2) is 4.64. The number of nitrogens with zero attached hydrogens (tertiary/aromatic N) is 1. The van der Waals surface area contributed by atoms with Crippen molar-refractivity contribution in [3.8, 4) is 0 Å². The molecular weight excluding hydrogens is 248 g/mol. The molecule has 0 radical (unpaired) electrons. The fourth-order valence-electron chi connectivity index (χ4n) is 3.22. The zero-order chi connectivity index (χ0) is 12.6. The van der Waals surface area contributed by atoms with Gasteiger partial charge in [0.15, 0.2) is 0 Å². The minimum Gasteiger partial charge on any atom is -0.480 e. The molecule has 2 fully saturated rings. The number of thiophene rings is 1. The van der Waals surface area contributed by atoms with Crippen LogP contribution in [0.15, 0.2) is 17.5 Å². The Morgan fingerprint density at radius 3 is 3.22 bits per heavy atom. The van der Waals surface area contributed by atoms with Crippen LogP contribution < -0.4 is 5.32 Å². The predicted octanol–water partition coefficient (Wildman–Crippen LogP) is 1.39. The average Bonchev–Trinajstić information content (AvgIpc) is 2.99. The lowest BCUT2D eigenvalue weighted by atomic mass is 9.78. The zero-order valence-corrected chi connectivity index (χ0v) is 11.1. The monoisotopic (exact) mass is 266 g/mol. The summed E-state index contributed by atoms with van der Waals surface area (Å²) < 4.78 is 0. The van der Waals surface area contributed by atoms with Gasteiger partial charge in [-0.3, -0.25) is 10.1 Å². The van der Waals surface area contributed by atoms with Gasteiger partial charge in [0.25, 0.3) is 0 Å². The Kier molecular flexibility index (Phi) is 3.13. The van der Waals surface area contributed by atoms with Crippen molar-refractivity contribution in [2.45, 2.75) is 24.9 Å². The van der Waals surface area contributed by atoms with Crippen LogP contribution in [0, 0.1) is 5.92 Å². The van der Waals surface area contributed by atoms with Gasteiger partial charge in [0, 0.05) is 30.4 Å². The third-order valence-corrected chi connectivity index (χ3v) is 5.21. The standard InChI is InChI=1S/C13H18N2O2S/c16-12(17)13(14-8-11-2-1-7-18-11)4-6-15-5-3-10(13)9-15/h1-2,7,10,14H,3-6,8-9H2,(H,16,17). The predicted molar refractivity (Wildman–Crippen MR) is 70.7 cm³/mol. The molecule has 4 nitrogen and oxygen atoms in total. The first kappa shape index (κ1) is 12.1. The van der Waals surface area contributed by atoms with Crippen LogP contribution in [0.25, 0.3) is 0 Å². The van der Waals surface area contributed by atoms with E-state index >= 15 is 0 Å². The Labute approximate surface area is 111 Å². The summed E-state index contributed by atoms with van der Waals surface area (Å²) in [4.78, 5) is 15.3. The van der Waals surface area contributed by atoms with Gasteiger partial charge >= 0.3 is 5.97 Å². The van der Waals surface area contributed by atoms with Gasteiger partial charge in [0.1, 0.15) is 5.54 Å². The summed E-state index contributed by atoms with van der Waals surface area (Å²) in [5.74, 6) is -0.422. The van der Waals surface area contributed by atoms with Gasteiger partial charge < -0.3 is 10.0 Å². The maximum Gasteiger partial charge on any atom is 0.324 e. The third kappa shape index (κ3) is 1.96. The van der Waals surface area contributed by atoms with Gasteiger partial charge in [0.05, 0.1) is 0 Å². The van der Waals surface area contributed by atoms with Crippen molar-refractivity contribution in [1.82, 2.24) is 10.2 Å². The Balaban J connectivity index is 1.76. The van der Waals surface area contributed by atoms with Crippen molar-refractivity contribution in [3.05, 3.63) is 22.4 Å². The van der Waals surface area contributed by atoms with E-state index in [-0.39, 0.29) is 5.92 Å². The van der Waals surface area contributed by atoms with E-state index in [9.17, 15) is 9.90 Å². The minimum atomic E-state index is -0.711. The summed E-state index contributed by atoms with van der Waals surface area (Å²) in [5.41, 5.74) is -0.711. The van der Waals surface area contributed by atoms with E-state index in [1.807, 2.05) is 11.4 Å². The van der Waals surface area contributed by atoms with Gasteiger partial charge in [-0.2, -0.15) is 0 Å². The zero-order valence-electron chi connectivity index (χ0n) is 10.3. The van der Waals surface area contributed by atoms with Gasteiger partial charge in [0.2, 0.25) is 0 Å². The summed E-state index contributed by atoms with van der Waals surface area (Å²) in [6, 6.07) is 4.06. The molecule has 3 unspecified atom stereocenters. The van der Waals surface area contributed by atoms with Crippen molar-refractivity contribution in [1.29, 1.82) is 0 Å². The lowest BCUT2D eigenvalue weighted by molar-refractivity contribution is -0.149. The van der Waals surface area contributed by atoms with Gasteiger partial charge in [-0.25, -0.2) is 0 Å². The van der Waals surface area contributed by atoms with Crippen LogP contribution in [-0.2, 0) is 11.3 Å². The molecule has 2 bridgehead atoms. The molecule has 3 atom stereocenters. The summed E-state index contributed by atoms with van der Waals surface area (Å²) in [6.45, 7) is 3.56. The largest absolute Gasteiger partial charge is 0.480 e. The Morgan fingerprint density at radius 2 is 2.50 bits per heavy atom. The van der Waals surface area contributed by atoms with Crippen LogP contribution in [0.2, 0.25) is 0 Å². The van der Waals surface area contributed by atoms with Gasteiger partial charge in [-0.15, -0.1) is 11.3 Å². The summed E-state index contributed by atoms with van der Waals surface area (Å²) in [5, 5.41) is 15.0. The molecule has 2 saturated heterocycles. The number of hydrogen-bond donors (Lipinski definition) is 2. The van der Waals surface area contributed by atoms with Crippen molar-refractivity contribution >= 4 is 17.3 Å². The molecule has 1 aromatic rings. The second-order valence-electron chi connectivity index (χ2n) is 5.25. The number of piperidine rings is 1. The van der Waals surface area contributed by atoms with E-state index in [0.717, 1.165) is 32.5 Å². The van der Waals surface area contributed by atoms with Crippen molar-refractivity contribution in [2.75, 3.05) is 19.6 Å². The van der Waals surface area contributed by atoms with E-state index in [1.54, 1.807) is 11.3 Å². The number of fused-ring (bicyclic) bond motifs is 2. The molecule has 2 aliphatic rings. The first-order chi connectivity index (χ1) is 8.71. The molecule has 0 aliphatic carbocycles. The van der Waals surface area contributed by atoms with E-state index in [4.69, 9.17) is 0 Å². The Bertz CT molecular complexity index is 434. The van der Waals surface area contributed by atoms with E-state index in [2.05, 4.69) is 16.3 Å². The fourth-order valence-corrected chi connectivity index (χ4v) is 3.87. The topological polar surface area (TPSA) is 52.6 Å². The molecule has 0 amide bonds. The van der Waals surface area contributed by atoms with Crippen molar-refractivity contribution < 1.29 is 9.90 Å². The summed E-state index contributed by atoms with van der Waals surface area (Å²) in [6.07, 6.45) is 1.72. The van der Waals surface area contributed by atoms with Gasteiger partial charge in [-0.1, -0.05) is 6.07 Å². The second-order valence-corrected chi connectivity index (χ2v) is 6.28. The molecule has 98 valence electrons. The smallest absolute Gasteiger partial charge is 0.324 e. The summed E-state index contributed by atoms with van der Waals surface area (Å²) >= 11 is 1.68. The molecule has 0 spiro atoms. The normalized spacial score (nSPS) is 34.7. The third-order valence-electron chi connectivity index (χ3n) is 4.33. The highest BCUT2D eigenvalue weighted by Crippen LogP contribution is 2.36. The van der Waals surface area contributed by atoms with Crippen LogP contribution in [0.5, 0.6) is 0 Å². The number of carboxylic acid groups (broad SMARTS) is 1. The molecule has 0 saturated carbocycles. The van der Waals surface area contributed by atoms with Crippen LogP contribution >= 0.6 is 11.3 Å². The maximum absolute atomic E-state index is 11.7. The highest BCUT2D eigenvalue weighted by molar-refractivity contribution is 7.09. The van der Waals surface area contributed by atoms with Crippen LogP contribution in [0.3, 0.4) is 0 Å². The van der Waals surface area contributed by atoms with Gasteiger partial charge in [-0.05, 0) is 30.8 Å². The molecule has 5 heteroatoms. The molecular formula is C13H18N2O2S. The molecule has 1 aromatic heterocycles. The molecule has 3 rings (SSSR count). The van der Waals surface area contributed by atoms with E-state index in [1.165, 1.54) is 4.88 Å². The van der Waals surface area contributed by atoms with Crippen molar-refractivity contribution in [2.24, 2.45) is 5.92 Å². The maximum atomic E-state index is 11.7.